The molecule has 1 aliphatic heterocycles. The van der Waals surface area contributed by atoms with Crippen LogP contribution in [0.5, 0.6) is 0 Å². The number of carbonyl (C=O) groups is 3. The fourth-order valence-electron chi connectivity index (χ4n) is 2.77. The van der Waals surface area contributed by atoms with Crippen LogP contribution in [0.25, 0.3) is 0 Å². The molecule has 0 atom stereocenters. The Labute approximate surface area is 199 Å². The lowest BCUT2D eigenvalue weighted by molar-refractivity contribution is -0.159. The lowest BCUT2D eigenvalue weighted by atomic mass is 10.3. The molecule has 1 rings (SSSR count). The SMILES string of the molecule is C#CCOCCC(=O)N1CN(C(=O)CCOCC#CCO)CN(C(=O)CCOCC#CCO)C1. The van der Waals surface area contributed by atoms with E-state index in [1.807, 2.05) is 0 Å². The molecule has 11 heteroatoms. The Morgan fingerprint density at radius 1 is 0.647 bits per heavy atom. The largest absolute Gasteiger partial charge is 0.384 e. The summed E-state index contributed by atoms with van der Waals surface area (Å²) in [6.45, 7) is 0.191. The molecule has 0 radical (unpaired) electrons. The van der Waals surface area contributed by atoms with Gasteiger partial charge in [-0.05, 0) is 0 Å². The molecule has 0 unspecified atom stereocenters. The molecule has 1 saturated heterocycles. The van der Waals surface area contributed by atoms with Gasteiger partial charge in [0.1, 0.15) is 33.0 Å². The van der Waals surface area contributed by atoms with Crippen molar-refractivity contribution >= 4 is 17.7 Å². The van der Waals surface area contributed by atoms with Crippen molar-refractivity contribution in [2.24, 2.45) is 0 Å². The number of ether oxygens (including phenoxy) is 3. The van der Waals surface area contributed by atoms with E-state index in [0.29, 0.717) is 0 Å². The molecule has 186 valence electrons. The van der Waals surface area contributed by atoms with Crippen molar-refractivity contribution in [2.75, 3.05) is 72.9 Å². The van der Waals surface area contributed by atoms with Crippen LogP contribution in [0.3, 0.4) is 0 Å². The fourth-order valence-corrected chi connectivity index (χ4v) is 2.77. The number of aliphatic hydroxyl groups is 2. The molecule has 0 saturated carbocycles. The van der Waals surface area contributed by atoms with Crippen molar-refractivity contribution in [3.63, 3.8) is 0 Å². The number of nitrogens with zero attached hydrogens (tertiary/aromatic N) is 3. The van der Waals surface area contributed by atoms with E-state index in [9.17, 15) is 14.4 Å². The van der Waals surface area contributed by atoms with Gasteiger partial charge in [-0.3, -0.25) is 14.4 Å². The summed E-state index contributed by atoms with van der Waals surface area (Å²) in [5, 5.41) is 17.2. The monoisotopic (exact) mass is 477 g/mol. The van der Waals surface area contributed by atoms with E-state index in [2.05, 4.69) is 29.6 Å². The van der Waals surface area contributed by atoms with E-state index in [0.717, 1.165) is 0 Å². The Morgan fingerprint density at radius 3 is 1.32 bits per heavy atom. The summed E-state index contributed by atoms with van der Waals surface area (Å²) in [5.74, 6) is 11.5. The van der Waals surface area contributed by atoms with Crippen LogP contribution in [0.15, 0.2) is 0 Å². The van der Waals surface area contributed by atoms with Gasteiger partial charge in [-0.15, -0.1) is 6.42 Å². The summed E-state index contributed by atoms with van der Waals surface area (Å²) in [7, 11) is 0. The average molecular weight is 478 g/mol. The number of terminal acetylenes is 1. The first-order chi connectivity index (χ1) is 16.5. The van der Waals surface area contributed by atoms with Gasteiger partial charge in [0.25, 0.3) is 0 Å². The number of hydrogen-bond donors (Lipinski definition) is 2. The summed E-state index contributed by atoms with van der Waals surface area (Å²) in [6, 6.07) is 0. The molecule has 1 fully saturated rings. The molecule has 0 aromatic heterocycles. The first-order valence-corrected chi connectivity index (χ1v) is 10.7. The van der Waals surface area contributed by atoms with Gasteiger partial charge in [-0.1, -0.05) is 29.6 Å². The van der Waals surface area contributed by atoms with Gasteiger partial charge in [0.15, 0.2) is 0 Å². The number of hydrogen-bond acceptors (Lipinski definition) is 8. The maximum Gasteiger partial charge on any atom is 0.227 e. The second-order valence-electron chi connectivity index (χ2n) is 6.86. The lowest BCUT2D eigenvalue weighted by Gasteiger charge is -2.42. The van der Waals surface area contributed by atoms with E-state index >= 15 is 0 Å². The van der Waals surface area contributed by atoms with Gasteiger partial charge in [0.2, 0.25) is 17.7 Å². The maximum atomic E-state index is 12.7. The van der Waals surface area contributed by atoms with Crippen molar-refractivity contribution < 1.29 is 38.8 Å². The minimum absolute atomic E-state index is 0.0314. The number of carbonyl (C=O) groups excluding carboxylic acids is 3. The highest BCUT2D eigenvalue weighted by Gasteiger charge is 2.31. The minimum atomic E-state index is -0.287. The second-order valence-corrected chi connectivity index (χ2v) is 6.86. The molecular formula is C23H31N3O8. The molecule has 1 aliphatic rings. The van der Waals surface area contributed by atoms with Crippen molar-refractivity contribution in [3.8, 4) is 36.0 Å². The molecule has 34 heavy (non-hydrogen) atoms. The van der Waals surface area contributed by atoms with Crippen LogP contribution < -0.4 is 0 Å². The van der Waals surface area contributed by atoms with Gasteiger partial charge < -0.3 is 39.1 Å². The van der Waals surface area contributed by atoms with Crippen LogP contribution in [-0.2, 0) is 28.6 Å². The zero-order valence-electron chi connectivity index (χ0n) is 19.2. The van der Waals surface area contributed by atoms with E-state index < -0.39 is 0 Å². The third kappa shape index (κ3) is 12.2. The predicted molar refractivity (Wildman–Crippen MR) is 120 cm³/mol. The Hall–Kier alpha value is -3.11. The zero-order valence-corrected chi connectivity index (χ0v) is 19.2. The highest BCUT2D eigenvalue weighted by atomic mass is 16.5. The maximum absolute atomic E-state index is 12.7. The fraction of sp³-hybridized carbons (Fsp3) is 0.609. The van der Waals surface area contributed by atoms with Crippen molar-refractivity contribution in [1.82, 2.24) is 14.7 Å². The third-order valence-electron chi connectivity index (χ3n) is 4.41. The summed E-state index contributed by atoms with van der Waals surface area (Å²) in [5.41, 5.74) is 0. The lowest BCUT2D eigenvalue weighted by Crippen LogP contribution is -2.59. The first kappa shape index (κ1) is 28.9. The van der Waals surface area contributed by atoms with E-state index in [-0.39, 0.29) is 110 Å². The standard InChI is InChI=1S/C23H31N3O8/c1-2-12-32-15-7-21(29)24-18-25(22(30)8-16-33-13-5-3-10-27)20-26(19-24)23(31)9-17-34-14-6-4-11-28/h1,27-28H,7-20H2. The van der Waals surface area contributed by atoms with Crippen LogP contribution >= 0.6 is 0 Å². The Kier molecular flexibility index (Phi) is 15.6. The van der Waals surface area contributed by atoms with E-state index in [1.54, 1.807) is 0 Å². The highest BCUT2D eigenvalue weighted by molar-refractivity contribution is 5.82. The summed E-state index contributed by atoms with van der Waals surface area (Å²) in [6.07, 6.45) is 5.27. The normalized spacial score (nSPS) is 12.8. The molecule has 3 amide bonds. The number of amides is 3. The number of aliphatic hydroxyl groups excluding tert-OH is 2. The smallest absolute Gasteiger partial charge is 0.227 e. The van der Waals surface area contributed by atoms with Gasteiger partial charge in [0.05, 0.1) is 59.1 Å². The third-order valence-corrected chi connectivity index (χ3v) is 4.41. The van der Waals surface area contributed by atoms with Crippen LogP contribution in [0.2, 0.25) is 0 Å². The molecule has 0 aromatic carbocycles. The molecule has 0 aliphatic carbocycles. The molecule has 2 N–H and O–H groups in total. The molecule has 1 heterocycles. The predicted octanol–water partition coefficient (Wildman–Crippen LogP) is -1.80. The summed E-state index contributed by atoms with van der Waals surface area (Å²) in [4.78, 5) is 42.2. The summed E-state index contributed by atoms with van der Waals surface area (Å²) < 4.78 is 15.6. The highest BCUT2D eigenvalue weighted by Crippen LogP contribution is 2.12. The van der Waals surface area contributed by atoms with E-state index in [1.165, 1.54) is 14.7 Å². The van der Waals surface area contributed by atoms with Crippen LogP contribution in [0.4, 0.5) is 0 Å². The van der Waals surface area contributed by atoms with Gasteiger partial charge in [-0.2, -0.15) is 0 Å². The van der Waals surface area contributed by atoms with Crippen molar-refractivity contribution in [1.29, 1.82) is 0 Å². The Bertz CT molecular complexity index is 768. The van der Waals surface area contributed by atoms with Gasteiger partial charge in [-0.25, -0.2) is 0 Å². The topological polar surface area (TPSA) is 129 Å². The van der Waals surface area contributed by atoms with Crippen molar-refractivity contribution in [2.45, 2.75) is 19.3 Å². The van der Waals surface area contributed by atoms with E-state index in [4.69, 9.17) is 30.8 Å². The van der Waals surface area contributed by atoms with Gasteiger partial charge >= 0.3 is 0 Å². The van der Waals surface area contributed by atoms with Crippen LogP contribution in [0.1, 0.15) is 19.3 Å². The zero-order chi connectivity index (χ0) is 25.0. The molecule has 0 aromatic rings. The Balaban J connectivity index is 2.67. The first-order valence-electron chi connectivity index (χ1n) is 10.7. The average Bonchev–Trinajstić information content (AvgIpc) is 2.85. The Morgan fingerprint density at radius 2 is 1.00 bits per heavy atom. The van der Waals surface area contributed by atoms with Crippen LogP contribution in [-0.4, -0.2) is 115 Å². The molecule has 0 bridgehead atoms. The van der Waals surface area contributed by atoms with Gasteiger partial charge in [0, 0.05) is 0 Å². The summed E-state index contributed by atoms with van der Waals surface area (Å²) >= 11 is 0. The minimum Gasteiger partial charge on any atom is -0.384 e. The molecule has 0 spiro atoms. The number of rotatable bonds is 12. The van der Waals surface area contributed by atoms with Crippen molar-refractivity contribution in [3.05, 3.63) is 0 Å². The molecule has 11 nitrogen and oxygen atoms in total. The second kappa shape index (κ2) is 18.3. The van der Waals surface area contributed by atoms with Crippen LogP contribution in [0, 0.1) is 36.0 Å². The quantitative estimate of drug-likeness (QED) is 0.249. The molecular weight excluding hydrogens is 446 g/mol.